The minimum Gasteiger partial charge on any atom is -0.380 e. The molecule has 120 valence electrons. The van der Waals surface area contributed by atoms with E-state index in [-0.39, 0.29) is 11.6 Å². The Hall–Kier alpha value is -2.15. The summed E-state index contributed by atoms with van der Waals surface area (Å²) >= 11 is 0. The molecule has 0 bridgehead atoms. The Morgan fingerprint density at radius 3 is 2.95 bits per heavy atom. The highest BCUT2D eigenvalue weighted by Gasteiger charge is 2.19. The van der Waals surface area contributed by atoms with Crippen LogP contribution < -0.4 is 5.32 Å². The van der Waals surface area contributed by atoms with Crippen molar-refractivity contribution in [3.05, 3.63) is 35.2 Å². The van der Waals surface area contributed by atoms with Crippen LogP contribution in [0, 0.1) is 12.8 Å². The molecule has 7 heteroatoms. The fourth-order valence-corrected chi connectivity index (χ4v) is 2.19. The van der Waals surface area contributed by atoms with E-state index in [1.807, 2.05) is 4.57 Å². The van der Waals surface area contributed by atoms with E-state index in [9.17, 15) is 4.79 Å². The van der Waals surface area contributed by atoms with Crippen LogP contribution in [-0.2, 0) is 24.4 Å². The second-order valence-corrected chi connectivity index (χ2v) is 5.61. The third-order valence-corrected chi connectivity index (χ3v) is 3.28. The van der Waals surface area contributed by atoms with Gasteiger partial charge in [0.1, 0.15) is 5.76 Å². The van der Waals surface area contributed by atoms with Gasteiger partial charge in [-0.1, -0.05) is 19.0 Å². The molecule has 0 atom stereocenters. The maximum absolute atomic E-state index is 12.3. The Kier molecular flexibility index (Phi) is 5.32. The number of hydrogen-bond donors (Lipinski definition) is 1. The quantitative estimate of drug-likeness (QED) is 0.845. The van der Waals surface area contributed by atoms with Gasteiger partial charge < -0.3 is 19.1 Å². The zero-order valence-electron chi connectivity index (χ0n) is 13.4. The highest BCUT2D eigenvalue weighted by molar-refractivity contribution is 5.93. The molecular weight excluding hydrogens is 284 g/mol. The molecule has 0 radical (unpaired) electrons. The van der Waals surface area contributed by atoms with Crippen LogP contribution in [0.1, 0.15) is 41.4 Å². The Bertz CT molecular complexity index is 631. The van der Waals surface area contributed by atoms with Gasteiger partial charge >= 0.3 is 0 Å². The Balaban J connectivity index is 2.03. The molecule has 0 saturated heterocycles. The lowest BCUT2D eigenvalue weighted by molar-refractivity contribution is 0.0936. The summed E-state index contributed by atoms with van der Waals surface area (Å²) in [5.74, 6) is 0.827. The van der Waals surface area contributed by atoms with Gasteiger partial charge in [-0.15, -0.1) is 0 Å². The van der Waals surface area contributed by atoms with Gasteiger partial charge in [0.25, 0.3) is 5.91 Å². The molecule has 0 aliphatic heterocycles. The number of nitrogens with zero attached hydrogens (tertiary/aromatic N) is 3. The van der Waals surface area contributed by atoms with Crippen molar-refractivity contribution in [3.8, 4) is 0 Å². The monoisotopic (exact) mass is 306 g/mol. The molecule has 0 saturated carbocycles. The van der Waals surface area contributed by atoms with Crippen molar-refractivity contribution < 1.29 is 14.1 Å². The normalized spacial score (nSPS) is 11.1. The lowest BCUT2D eigenvalue weighted by Crippen LogP contribution is -2.26. The van der Waals surface area contributed by atoms with Crippen LogP contribution in [0.5, 0.6) is 0 Å². The number of nitrogens with one attached hydrogen (secondary N) is 1. The zero-order chi connectivity index (χ0) is 16.1. The van der Waals surface area contributed by atoms with E-state index in [0.29, 0.717) is 30.4 Å². The molecule has 1 N–H and O–H groups in total. The molecule has 0 spiro atoms. The summed E-state index contributed by atoms with van der Waals surface area (Å²) in [6, 6.07) is 0. The fraction of sp³-hybridized carbons (Fsp3) is 0.533. The number of hydrogen-bond acceptors (Lipinski definition) is 5. The lowest BCUT2D eigenvalue weighted by Gasteiger charge is -2.11. The summed E-state index contributed by atoms with van der Waals surface area (Å²) in [7, 11) is 1.57. The minimum absolute atomic E-state index is 0.272. The number of rotatable bonds is 7. The maximum Gasteiger partial charge on any atom is 0.274 e. The Morgan fingerprint density at radius 1 is 1.50 bits per heavy atom. The molecule has 2 rings (SSSR count). The maximum atomic E-state index is 12.3. The number of methoxy groups -OCH3 is 1. The van der Waals surface area contributed by atoms with Crippen molar-refractivity contribution in [2.45, 2.75) is 40.5 Å². The largest absolute Gasteiger partial charge is 0.380 e. The van der Waals surface area contributed by atoms with Crippen LogP contribution in [0.2, 0.25) is 0 Å². The standard InChI is InChI=1S/C15H22N4O3/c1-10(2)7-19-9-16-5-12(19)6-17-15(20)14-13(8-21-4)11(3)22-18-14/h5,9-10H,6-8H2,1-4H3,(H,17,20). The first-order chi connectivity index (χ1) is 10.5. The number of carbonyl (C=O) groups is 1. The van der Waals surface area contributed by atoms with Crippen LogP contribution in [-0.4, -0.2) is 27.7 Å². The van der Waals surface area contributed by atoms with Crippen LogP contribution in [0.4, 0.5) is 0 Å². The number of carbonyl (C=O) groups excluding carboxylic acids is 1. The van der Waals surface area contributed by atoms with Crippen molar-refractivity contribution in [3.63, 3.8) is 0 Å². The second kappa shape index (κ2) is 7.22. The number of aromatic nitrogens is 3. The summed E-state index contributed by atoms with van der Waals surface area (Å²) in [5, 5.41) is 6.66. The van der Waals surface area contributed by atoms with E-state index < -0.39 is 0 Å². The molecule has 0 aliphatic carbocycles. The summed E-state index contributed by atoms with van der Waals surface area (Å²) < 4.78 is 12.2. The van der Waals surface area contributed by atoms with Gasteiger partial charge in [-0.05, 0) is 12.8 Å². The van der Waals surface area contributed by atoms with Crippen LogP contribution >= 0.6 is 0 Å². The molecule has 1 amide bonds. The third kappa shape index (κ3) is 3.73. The predicted octanol–water partition coefficient (Wildman–Crippen LogP) is 1.91. The van der Waals surface area contributed by atoms with Gasteiger partial charge in [0, 0.05) is 19.9 Å². The van der Waals surface area contributed by atoms with E-state index in [4.69, 9.17) is 9.26 Å². The number of amides is 1. The molecule has 0 unspecified atom stereocenters. The van der Waals surface area contributed by atoms with Gasteiger partial charge in [0.05, 0.1) is 30.7 Å². The Labute approximate surface area is 129 Å². The molecule has 0 aromatic carbocycles. The van der Waals surface area contributed by atoms with E-state index >= 15 is 0 Å². The van der Waals surface area contributed by atoms with Crippen LogP contribution in [0.25, 0.3) is 0 Å². The summed E-state index contributed by atoms with van der Waals surface area (Å²) in [6.45, 7) is 7.58. The number of ether oxygens (including phenoxy) is 1. The minimum atomic E-state index is -0.277. The molecule has 0 aliphatic rings. The molecule has 0 fully saturated rings. The van der Waals surface area contributed by atoms with E-state index in [2.05, 4.69) is 29.3 Å². The highest BCUT2D eigenvalue weighted by Crippen LogP contribution is 2.14. The zero-order valence-corrected chi connectivity index (χ0v) is 13.4. The van der Waals surface area contributed by atoms with Crippen molar-refractivity contribution in [2.75, 3.05) is 7.11 Å². The molecular formula is C15H22N4O3. The molecule has 2 aromatic heterocycles. The van der Waals surface area contributed by atoms with Gasteiger partial charge in [0.15, 0.2) is 5.69 Å². The van der Waals surface area contributed by atoms with Gasteiger partial charge in [-0.2, -0.15) is 0 Å². The van der Waals surface area contributed by atoms with Crippen molar-refractivity contribution in [1.82, 2.24) is 20.0 Å². The summed E-state index contributed by atoms with van der Waals surface area (Å²) in [4.78, 5) is 16.4. The molecule has 7 nitrogen and oxygen atoms in total. The first-order valence-corrected chi connectivity index (χ1v) is 7.24. The summed E-state index contributed by atoms with van der Waals surface area (Å²) in [5.41, 5.74) is 1.90. The van der Waals surface area contributed by atoms with Crippen LogP contribution in [0.15, 0.2) is 17.0 Å². The van der Waals surface area contributed by atoms with Gasteiger partial charge in [-0.25, -0.2) is 4.98 Å². The SMILES string of the molecule is COCc1c(C(=O)NCc2cncn2CC(C)C)noc1C. The molecule has 22 heavy (non-hydrogen) atoms. The summed E-state index contributed by atoms with van der Waals surface area (Å²) in [6.07, 6.45) is 3.53. The fourth-order valence-electron chi connectivity index (χ4n) is 2.19. The van der Waals surface area contributed by atoms with E-state index in [1.54, 1.807) is 26.6 Å². The number of imidazole rings is 1. The van der Waals surface area contributed by atoms with Crippen molar-refractivity contribution >= 4 is 5.91 Å². The van der Waals surface area contributed by atoms with Crippen molar-refractivity contribution in [2.24, 2.45) is 5.92 Å². The first kappa shape index (κ1) is 16.2. The molecule has 2 heterocycles. The molecule has 2 aromatic rings. The number of aryl methyl sites for hydroxylation is 1. The average molecular weight is 306 g/mol. The first-order valence-electron chi connectivity index (χ1n) is 7.24. The lowest BCUT2D eigenvalue weighted by atomic mass is 10.2. The van der Waals surface area contributed by atoms with Crippen LogP contribution in [0.3, 0.4) is 0 Å². The van der Waals surface area contributed by atoms with E-state index in [1.165, 1.54) is 0 Å². The van der Waals surface area contributed by atoms with Gasteiger partial charge in [0.2, 0.25) is 0 Å². The second-order valence-electron chi connectivity index (χ2n) is 5.61. The topological polar surface area (TPSA) is 82.2 Å². The van der Waals surface area contributed by atoms with E-state index in [0.717, 1.165) is 12.2 Å². The Morgan fingerprint density at radius 2 is 2.27 bits per heavy atom. The third-order valence-electron chi connectivity index (χ3n) is 3.28. The average Bonchev–Trinajstić information content (AvgIpc) is 3.04. The van der Waals surface area contributed by atoms with Crippen molar-refractivity contribution in [1.29, 1.82) is 0 Å². The highest BCUT2D eigenvalue weighted by atomic mass is 16.5. The smallest absolute Gasteiger partial charge is 0.274 e. The predicted molar refractivity (Wildman–Crippen MR) is 80.2 cm³/mol. The van der Waals surface area contributed by atoms with Gasteiger partial charge in [-0.3, -0.25) is 4.79 Å².